The van der Waals surface area contributed by atoms with E-state index >= 15 is 0 Å². The molecule has 0 unspecified atom stereocenters. The van der Waals surface area contributed by atoms with Crippen molar-refractivity contribution in [2.45, 2.75) is 13.2 Å². The first-order valence-corrected chi connectivity index (χ1v) is 7.88. The number of para-hydroxylation sites is 1. The highest BCUT2D eigenvalue weighted by atomic mass is 19.3. The van der Waals surface area contributed by atoms with E-state index in [1.807, 2.05) is 12.1 Å². The SMILES string of the molecule is CN(Cc1ccc2c(c1)OCO2)C(=O)/C=C/c1ccccc1OC(F)F. The van der Waals surface area contributed by atoms with E-state index in [0.29, 0.717) is 23.6 Å². The van der Waals surface area contributed by atoms with E-state index in [9.17, 15) is 13.6 Å². The van der Waals surface area contributed by atoms with Gasteiger partial charge >= 0.3 is 6.61 Å². The highest BCUT2D eigenvalue weighted by molar-refractivity contribution is 5.92. The van der Waals surface area contributed by atoms with Crippen LogP contribution in [0.4, 0.5) is 8.78 Å². The number of carbonyl (C=O) groups is 1. The van der Waals surface area contributed by atoms with Gasteiger partial charge in [0, 0.05) is 25.2 Å². The molecule has 0 aromatic heterocycles. The van der Waals surface area contributed by atoms with Crippen LogP contribution in [0.5, 0.6) is 17.2 Å². The van der Waals surface area contributed by atoms with Crippen molar-refractivity contribution >= 4 is 12.0 Å². The second kappa shape index (κ2) is 7.86. The summed E-state index contributed by atoms with van der Waals surface area (Å²) in [6, 6.07) is 11.8. The van der Waals surface area contributed by atoms with Gasteiger partial charge in [0.2, 0.25) is 12.7 Å². The van der Waals surface area contributed by atoms with Crippen LogP contribution in [0.15, 0.2) is 48.5 Å². The summed E-state index contributed by atoms with van der Waals surface area (Å²) in [6.45, 7) is -2.36. The monoisotopic (exact) mass is 361 g/mol. The number of amides is 1. The Morgan fingerprint density at radius 1 is 1.23 bits per heavy atom. The lowest BCUT2D eigenvalue weighted by Crippen LogP contribution is -2.24. The molecule has 136 valence electrons. The van der Waals surface area contributed by atoms with Gasteiger partial charge in [-0.25, -0.2) is 0 Å². The summed E-state index contributed by atoms with van der Waals surface area (Å²) in [5.41, 5.74) is 1.29. The molecule has 0 N–H and O–H groups in total. The van der Waals surface area contributed by atoms with Gasteiger partial charge in [-0.05, 0) is 29.8 Å². The molecule has 1 aliphatic heterocycles. The Bertz CT molecular complexity index is 823. The standard InChI is InChI=1S/C19H17F2NO4/c1-22(11-13-6-8-16-17(10-13)25-12-24-16)18(23)9-7-14-4-2-3-5-15(14)26-19(20)21/h2-10,19H,11-12H2,1H3/b9-7+. The molecular weight excluding hydrogens is 344 g/mol. The zero-order valence-corrected chi connectivity index (χ0v) is 14.0. The number of carbonyl (C=O) groups excluding carboxylic acids is 1. The molecule has 5 nitrogen and oxygen atoms in total. The van der Waals surface area contributed by atoms with E-state index in [4.69, 9.17) is 9.47 Å². The van der Waals surface area contributed by atoms with Gasteiger partial charge in [0.1, 0.15) is 5.75 Å². The summed E-state index contributed by atoms with van der Waals surface area (Å²) in [4.78, 5) is 13.8. The molecule has 0 aliphatic carbocycles. The van der Waals surface area contributed by atoms with Crippen LogP contribution < -0.4 is 14.2 Å². The summed E-state index contributed by atoms with van der Waals surface area (Å²) >= 11 is 0. The molecule has 26 heavy (non-hydrogen) atoms. The maximum absolute atomic E-state index is 12.4. The summed E-state index contributed by atoms with van der Waals surface area (Å²) < 4.78 is 39.9. The van der Waals surface area contributed by atoms with Crippen molar-refractivity contribution in [3.05, 3.63) is 59.7 Å². The average molecular weight is 361 g/mol. The number of hydrogen-bond donors (Lipinski definition) is 0. The summed E-state index contributed by atoms with van der Waals surface area (Å²) in [6.07, 6.45) is 2.77. The first kappa shape index (κ1) is 17.7. The average Bonchev–Trinajstić information content (AvgIpc) is 3.08. The van der Waals surface area contributed by atoms with Crippen LogP contribution in [-0.4, -0.2) is 31.3 Å². The molecular formula is C19H17F2NO4. The van der Waals surface area contributed by atoms with Crippen molar-refractivity contribution < 1.29 is 27.8 Å². The number of alkyl halides is 2. The number of benzene rings is 2. The van der Waals surface area contributed by atoms with E-state index in [1.54, 1.807) is 31.3 Å². The predicted molar refractivity (Wildman–Crippen MR) is 91.1 cm³/mol. The Morgan fingerprint density at radius 3 is 2.81 bits per heavy atom. The molecule has 1 heterocycles. The molecule has 3 rings (SSSR count). The van der Waals surface area contributed by atoms with Crippen molar-refractivity contribution in [3.63, 3.8) is 0 Å². The second-order valence-electron chi connectivity index (χ2n) is 5.63. The van der Waals surface area contributed by atoms with Gasteiger partial charge in [0.25, 0.3) is 0 Å². The molecule has 0 bridgehead atoms. The van der Waals surface area contributed by atoms with Crippen LogP contribution in [-0.2, 0) is 11.3 Å². The lowest BCUT2D eigenvalue weighted by atomic mass is 10.1. The smallest absolute Gasteiger partial charge is 0.387 e. The minimum Gasteiger partial charge on any atom is -0.454 e. The molecule has 2 aromatic rings. The fourth-order valence-corrected chi connectivity index (χ4v) is 2.50. The van der Waals surface area contributed by atoms with Gasteiger partial charge < -0.3 is 19.1 Å². The fraction of sp³-hybridized carbons (Fsp3) is 0.211. The third-order valence-corrected chi connectivity index (χ3v) is 3.77. The number of halogens is 2. The summed E-state index contributed by atoms with van der Waals surface area (Å²) in [7, 11) is 1.65. The van der Waals surface area contributed by atoms with Crippen molar-refractivity contribution in [2.24, 2.45) is 0 Å². The Labute approximate surface area is 149 Å². The Balaban J connectivity index is 1.65. The van der Waals surface area contributed by atoms with Crippen molar-refractivity contribution in [1.29, 1.82) is 0 Å². The molecule has 0 saturated heterocycles. The number of nitrogens with zero attached hydrogens (tertiary/aromatic N) is 1. The first-order valence-electron chi connectivity index (χ1n) is 7.88. The lowest BCUT2D eigenvalue weighted by Gasteiger charge is -2.15. The Morgan fingerprint density at radius 2 is 2.00 bits per heavy atom. The largest absolute Gasteiger partial charge is 0.454 e. The van der Waals surface area contributed by atoms with Gasteiger partial charge in [-0.15, -0.1) is 0 Å². The van der Waals surface area contributed by atoms with Gasteiger partial charge in [-0.1, -0.05) is 24.3 Å². The maximum atomic E-state index is 12.4. The topological polar surface area (TPSA) is 48.0 Å². The highest BCUT2D eigenvalue weighted by Gasteiger charge is 2.15. The molecule has 0 fully saturated rings. The minimum absolute atomic E-state index is 0.0185. The van der Waals surface area contributed by atoms with Crippen LogP contribution in [0.1, 0.15) is 11.1 Å². The van der Waals surface area contributed by atoms with Crippen molar-refractivity contribution in [2.75, 3.05) is 13.8 Å². The molecule has 2 aromatic carbocycles. The van der Waals surface area contributed by atoms with E-state index in [0.717, 1.165) is 5.56 Å². The van der Waals surface area contributed by atoms with Crippen molar-refractivity contribution in [1.82, 2.24) is 4.90 Å². The number of ether oxygens (including phenoxy) is 3. The summed E-state index contributed by atoms with van der Waals surface area (Å²) in [5.74, 6) is 1.08. The molecule has 0 saturated carbocycles. The predicted octanol–water partition coefficient (Wildman–Crippen LogP) is 3.69. The number of hydrogen-bond acceptors (Lipinski definition) is 4. The molecule has 7 heteroatoms. The van der Waals surface area contributed by atoms with Crippen LogP contribution in [0.2, 0.25) is 0 Å². The third kappa shape index (κ3) is 4.30. The van der Waals surface area contributed by atoms with Crippen LogP contribution in [0.3, 0.4) is 0 Å². The van der Waals surface area contributed by atoms with Crippen LogP contribution in [0.25, 0.3) is 6.08 Å². The maximum Gasteiger partial charge on any atom is 0.387 e. The second-order valence-corrected chi connectivity index (χ2v) is 5.63. The zero-order chi connectivity index (χ0) is 18.5. The zero-order valence-electron chi connectivity index (χ0n) is 14.0. The Kier molecular flexibility index (Phi) is 5.36. The molecule has 0 spiro atoms. The molecule has 0 radical (unpaired) electrons. The minimum atomic E-state index is -2.92. The van der Waals surface area contributed by atoms with Gasteiger partial charge in [-0.3, -0.25) is 4.79 Å². The number of rotatable bonds is 6. The lowest BCUT2D eigenvalue weighted by molar-refractivity contribution is -0.125. The van der Waals surface area contributed by atoms with Crippen LogP contribution in [0, 0.1) is 0 Å². The normalized spacial score (nSPS) is 12.6. The van der Waals surface area contributed by atoms with E-state index in [1.165, 1.54) is 23.1 Å². The molecule has 1 amide bonds. The van der Waals surface area contributed by atoms with E-state index < -0.39 is 6.61 Å². The fourth-order valence-electron chi connectivity index (χ4n) is 2.50. The van der Waals surface area contributed by atoms with Crippen LogP contribution >= 0.6 is 0 Å². The molecule has 0 atom stereocenters. The van der Waals surface area contributed by atoms with Gasteiger partial charge in [-0.2, -0.15) is 8.78 Å². The third-order valence-electron chi connectivity index (χ3n) is 3.77. The first-order chi connectivity index (χ1) is 12.5. The molecule has 1 aliphatic rings. The van der Waals surface area contributed by atoms with Gasteiger partial charge in [0.05, 0.1) is 0 Å². The number of fused-ring (bicyclic) bond motifs is 1. The summed E-state index contributed by atoms with van der Waals surface area (Å²) in [5, 5.41) is 0. The van der Waals surface area contributed by atoms with E-state index in [-0.39, 0.29) is 18.4 Å². The van der Waals surface area contributed by atoms with Gasteiger partial charge in [0.15, 0.2) is 11.5 Å². The van der Waals surface area contributed by atoms with Crippen molar-refractivity contribution in [3.8, 4) is 17.2 Å². The highest BCUT2D eigenvalue weighted by Crippen LogP contribution is 2.32. The Hall–Kier alpha value is -3.09. The number of likely N-dealkylation sites (N-methyl/N-ethyl adjacent to an activating group) is 1. The quantitative estimate of drug-likeness (QED) is 0.737. The van der Waals surface area contributed by atoms with E-state index in [2.05, 4.69) is 4.74 Å².